The second kappa shape index (κ2) is 6.30. The summed E-state index contributed by atoms with van der Waals surface area (Å²) in [5.41, 5.74) is 1.25. The van der Waals surface area contributed by atoms with Crippen LogP contribution in [-0.2, 0) is 6.42 Å². The van der Waals surface area contributed by atoms with E-state index in [1.807, 2.05) is 0 Å². The molecule has 0 saturated heterocycles. The van der Waals surface area contributed by atoms with Gasteiger partial charge in [-0.3, -0.25) is 0 Å². The third-order valence-electron chi connectivity index (χ3n) is 2.69. The molecule has 0 heterocycles. The number of benzene rings is 2. The Morgan fingerprint density at radius 1 is 1.06 bits per heavy atom. The van der Waals surface area contributed by atoms with E-state index in [4.69, 9.17) is 4.74 Å². The van der Waals surface area contributed by atoms with Gasteiger partial charge in [0.05, 0.1) is 7.11 Å². The molecule has 0 atom stereocenters. The van der Waals surface area contributed by atoms with Crippen LogP contribution in [0.5, 0.6) is 5.75 Å². The second-order valence-electron chi connectivity index (χ2n) is 3.88. The maximum Gasteiger partial charge on any atom is 0.123 e. The monoisotopic (exact) mass is 322 g/mol. The van der Waals surface area contributed by atoms with Crippen LogP contribution in [0.15, 0.2) is 56.7 Å². The molecule has 0 aliphatic rings. The van der Waals surface area contributed by atoms with Gasteiger partial charge in [-0.15, -0.1) is 0 Å². The van der Waals surface area contributed by atoms with Gasteiger partial charge in [-0.05, 0) is 48.4 Å². The first-order valence-corrected chi connectivity index (χ1v) is 7.44. The summed E-state index contributed by atoms with van der Waals surface area (Å²) < 4.78 is 6.52. The van der Waals surface area contributed by atoms with E-state index in [2.05, 4.69) is 65.3 Å². The van der Waals surface area contributed by atoms with Gasteiger partial charge in [0.25, 0.3) is 0 Å². The fourth-order valence-corrected chi connectivity index (χ4v) is 2.83. The summed E-state index contributed by atoms with van der Waals surface area (Å²) in [7, 11) is 1.72. The molecule has 0 aliphatic heterocycles. The smallest absolute Gasteiger partial charge is 0.123 e. The first kappa shape index (κ1) is 13.5. The first-order valence-electron chi connectivity index (χ1n) is 5.83. The normalized spacial score (nSPS) is 10.4. The minimum absolute atomic E-state index is 0.972. The Labute approximate surface area is 121 Å². The van der Waals surface area contributed by atoms with Crippen LogP contribution < -0.4 is 4.74 Å². The van der Waals surface area contributed by atoms with Crippen LogP contribution in [0, 0.1) is 0 Å². The fourth-order valence-electron chi connectivity index (χ4n) is 1.72. The first-order chi connectivity index (χ1) is 8.72. The van der Waals surface area contributed by atoms with Gasteiger partial charge in [0.15, 0.2) is 0 Å². The zero-order valence-electron chi connectivity index (χ0n) is 10.4. The number of hydrogen-bond donors (Lipinski definition) is 0. The molecule has 18 heavy (non-hydrogen) atoms. The van der Waals surface area contributed by atoms with Gasteiger partial charge in [-0.2, -0.15) is 0 Å². The largest absolute Gasteiger partial charge is 0.496 e. The van der Waals surface area contributed by atoms with Gasteiger partial charge in [0.1, 0.15) is 5.75 Å². The Kier molecular flexibility index (Phi) is 4.72. The van der Waals surface area contributed by atoms with Crippen molar-refractivity contribution in [3.05, 3.63) is 52.5 Å². The Morgan fingerprint density at radius 2 is 1.72 bits per heavy atom. The number of halogens is 1. The molecule has 94 valence electrons. The van der Waals surface area contributed by atoms with E-state index in [0.29, 0.717) is 0 Å². The Bertz CT molecular complexity index is 523. The van der Waals surface area contributed by atoms with Gasteiger partial charge in [0.2, 0.25) is 0 Å². The van der Waals surface area contributed by atoms with Gasteiger partial charge in [-0.1, -0.05) is 40.7 Å². The maximum atomic E-state index is 5.41. The van der Waals surface area contributed by atoms with Crippen molar-refractivity contribution in [2.75, 3.05) is 7.11 Å². The molecule has 2 aromatic carbocycles. The molecule has 0 aliphatic carbocycles. The summed E-state index contributed by atoms with van der Waals surface area (Å²) in [4.78, 5) is 2.43. The lowest BCUT2D eigenvalue weighted by Gasteiger charge is -2.09. The molecular weight excluding hydrogens is 308 g/mol. The minimum Gasteiger partial charge on any atom is -0.496 e. The average molecular weight is 323 g/mol. The third kappa shape index (κ3) is 3.30. The van der Waals surface area contributed by atoms with Crippen molar-refractivity contribution >= 4 is 27.7 Å². The molecule has 3 heteroatoms. The van der Waals surface area contributed by atoms with Crippen molar-refractivity contribution in [2.45, 2.75) is 23.1 Å². The Morgan fingerprint density at radius 3 is 2.33 bits per heavy atom. The van der Waals surface area contributed by atoms with Gasteiger partial charge >= 0.3 is 0 Å². The zero-order chi connectivity index (χ0) is 13.0. The van der Waals surface area contributed by atoms with Gasteiger partial charge < -0.3 is 4.74 Å². The molecule has 0 unspecified atom stereocenters. The Hall–Kier alpha value is -0.930. The van der Waals surface area contributed by atoms with Crippen LogP contribution in [0.4, 0.5) is 0 Å². The predicted molar refractivity (Wildman–Crippen MR) is 80.6 cm³/mol. The molecule has 0 radical (unpaired) electrons. The van der Waals surface area contributed by atoms with Crippen LogP contribution in [0.1, 0.15) is 12.5 Å². The highest BCUT2D eigenvalue weighted by atomic mass is 79.9. The topological polar surface area (TPSA) is 9.23 Å². The van der Waals surface area contributed by atoms with Crippen LogP contribution >= 0.6 is 27.7 Å². The van der Waals surface area contributed by atoms with Crippen LogP contribution in [-0.4, -0.2) is 7.11 Å². The van der Waals surface area contributed by atoms with Gasteiger partial charge in [-0.25, -0.2) is 0 Å². The van der Waals surface area contributed by atoms with Crippen molar-refractivity contribution in [3.63, 3.8) is 0 Å². The minimum atomic E-state index is 0.972. The highest BCUT2D eigenvalue weighted by molar-refractivity contribution is 9.10. The number of hydrogen-bond acceptors (Lipinski definition) is 2. The quantitative estimate of drug-likeness (QED) is 0.767. The molecule has 0 aromatic heterocycles. The number of aryl methyl sites for hydroxylation is 1. The number of rotatable bonds is 4. The second-order valence-corrected chi connectivity index (χ2v) is 5.95. The SMILES string of the molecule is CCc1ccc(Sc2ccc(Br)cc2)cc1OC. The summed E-state index contributed by atoms with van der Waals surface area (Å²) in [6.07, 6.45) is 0.992. The predicted octanol–water partition coefficient (Wildman–Crippen LogP) is 5.17. The molecule has 2 aromatic rings. The third-order valence-corrected chi connectivity index (χ3v) is 4.21. The molecule has 0 bridgehead atoms. The lowest BCUT2D eigenvalue weighted by atomic mass is 10.1. The van der Waals surface area contributed by atoms with E-state index < -0.39 is 0 Å². The van der Waals surface area contributed by atoms with Crippen molar-refractivity contribution in [3.8, 4) is 5.75 Å². The van der Waals surface area contributed by atoms with Crippen LogP contribution in [0.25, 0.3) is 0 Å². The summed E-state index contributed by atoms with van der Waals surface area (Å²) in [6.45, 7) is 2.14. The fraction of sp³-hybridized carbons (Fsp3) is 0.200. The van der Waals surface area contributed by atoms with E-state index in [-0.39, 0.29) is 0 Å². The lowest BCUT2D eigenvalue weighted by molar-refractivity contribution is 0.409. The van der Waals surface area contributed by atoms with Gasteiger partial charge in [0, 0.05) is 14.3 Å². The molecular formula is C15H15BrOS. The van der Waals surface area contributed by atoms with Crippen molar-refractivity contribution in [1.29, 1.82) is 0 Å². The molecule has 0 saturated carbocycles. The molecule has 2 rings (SSSR count). The summed E-state index contributed by atoms with van der Waals surface area (Å²) in [5.74, 6) is 0.972. The summed E-state index contributed by atoms with van der Waals surface area (Å²) >= 11 is 5.19. The van der Waals surface area contributed by atoms with Crippen molar-refractivity contribution in [1.82, 2.24) is 0 Å². The van der Waals surface area contributed by atoms with E-state index >= 15 is 0 Å². The number of ether oxygens (including phenoxy) is 1. The van der Waals surface area contributed by atoms with E-state index in [9.17, 15) is 0 Å². The summed E-state index contributed by atoms with van der Waals surface area (Å²) in [5, 5.41) is 0. The van der Waals surface area contributed by atoms with Crippen molar-refractivity contribution in [2.24, 2.45) is 0 Å². The van der Waals surface area contributed by atoms with E-state index in [1.165, 1.54) is 15.4 Å². The maximum absolute atomic E-state index is 5.41. The molecule has 0 fully saturated rings. The summed E-state index contributed by atoms with van der Waals surface area (Å²) in [6, 6.07) is 14.7. The lowest BCUT2D eigenvalue weighted by Crippen LogP contribution is -1.90. The highest BCUT2D eigenvalue weighted by Gasteiger charge is 2.04. The highest BCUT2D eigenvalue weighted by Crippen LogP contribution is 2.32. The molecule has 1 nitrogen and oxygen atoms in total. The molecule has 0 spiro atoms. The van der Waals surface area contributed by atoms with Crippen LogP contribution in [0.3, 0.4) is 0 Å². The molecule has 0 amide bonds. The van der Waals surface area contributed by atoms with E-state index in [0.717, 1.165) is 16.6 Å². The molecule has 0 N–H and O–H groups in total. The zero-order valence-corrected chi connectivity index (χ0v) is 12.8. The van der Waals surface area contributed by atoms with E-state index in [1.54, 1.807) is 18.9 Å². The van der Waals surface area contributed by atoms with Crippen LogP contribution in [0.2, 0.25) is 0 Å². The number of methoxy groups -OCH3 is 1. The Balaban J connectivity index is 2.21. The van der Waals surface area contributed by atoms with Crippen molar-refractivity contribution < 1.29 is 4.74 Å². The average Bonchev–Trinajstić information content (AvgIpc) is 2.41. The standard InChI is InChI=1S/C15H15BrOS/c1-3-11-4-7-14(10-15(11)17-2)18-13-8-5-12(16)6-9-13/h4-10H,3H2,1-2H3.